The molecule has 0 spiro atoms. The molecule has 1 saturated heterocycles. The van der Waals surface area contributed by atoms with Crippen molar-refractivity contribution in [3.63, 3.8) is 0 Å². The van der Waals surface area contributed by atoms with E-state index in [1.165, 1.54) is 17.2 Å². The van der Waals surface area contributed by atoms with Crippen molar-refractivity contribution in [2.75, 3.05) is 13.2 Å². The van der Waals surface area contributed by atoms with Gasteiger partial charge >= 0.3 is 5.97 Å². The van der Waals surface area contributed by atoms with Gasteiger partial charge in [0.25, 0.3) is 5.91 Å². The number of amides is 1. The van der Waals surface area contributed by atoms with Gasteiger partial charge in [-0.3, -0.25) is 4.79 Å². The van der Waals surface area contributed by atoms with Crippen LogP contribution in [0.5, 0.6) is 0 Å². The van der Waals surface area contributed by atoms with Crippen molar-refractivity contribution >= 4 is 11.9 Å². The Hall–Kier alpha value is -1.85. The summed E-state index contributed by atoms with van der Waals surface area (Å²) in [5.41, 5.74) is 0. The molecule has 6 heteroatoms. The first-order valence-corrected chi connectivity index (χ1v) is 5.62. The Morgan fingerprint density at radius 3 is 3.12 bits per heavy atom. The number of rotatable bonds is 3. The second-order valence-electron chi connectivity index (χ2n) is 3.79. The SMILES string of the molecule is CCOC(=O)C1CCCN1C(=O)c1ccno1. The van der Waals surface area contributed by atoms with Crippen molar-refractivity contribution < 1.29 is 18.8 Å². The quantitative estimate of drug-likeness (QED) is 0.730. The highest BCUT2D eigenvalue weighted by Crippen LogP contribution is 2.21. The third kappa shape index (κ3) is 2.30. The van der Waals surface area contributed by atoms with Crippen LogP contribution in [0.25, 0.3) is 0 Å². The summed E-state index contributed by atoms with van der Waals surface area (Å²) in [6, 6.07) is 0.996. The monoisotopic (exact) mass is 238 g/mol. The summed E-state index contributed by atoms with van der Waals surface area (Å²) >= 11 is 0. The van der Waals surface area contributed by atoms with Crippen LogP contribution in [-0.2, 0) is 9.53 Å². The first-order chi connectivity index (χ1) is 8.24. The average molecular weight is 238 g/mol. The molecule has 17 heavy (non-hydrogen) atoms. The van der Waals surface area contributed by atoms with E-state index in [0.717, 1.165) is 6.42 Å². The molecular formula is C11H14N2O4. The Labute approximate surface area is 98.5 Å². The van der Waals surface area contributed by atoms with E-state index in [1.807, 2.05) is 0 Å². The number of nitrogens with zero attached hydrogens (tertiary/aromatic N) is 2. The highest BCUT2D eigenvalue weighted by atomic mass is 16.5. The zero-order chi connectivity index (χ0) is 12.3. The molecule has 2 heterocycles. The molecule has 1 aliphatic heterocycles. The zero-order valence-corrected chi connectivity index (χ0v) is 9.59. The van der Waals surface area contributed by atoms with Gasteiger partial charge in [0.05, 0.1) is 12.8 Å². The molecule has 1 fully saturated rings. The van der Waals surface area contributed by atoms with E-state index in [9.17, 15) is 9.59 Å². The summed E-state index contributed by atoms with van der Waals surface area (Å²) in [5.74, 6) is -0.503. The lowest BCUT2D eigenvalue weighted by molar-refractivity contribution is -0.147. The van der Waals surface area contributed by atoms with Crippen molar-refractivity contribution in [2.24, 2.45) is 0 Å². The molecule has 1 atom stereocenters. The summed E-state index contributed by atoms with van der Waals surface area (Å²) in [6.45, 7) is 2.61. The van der Waals surface area contributed by atoms with Crippen LogP contribution < -0.4 is 0 Å². The first-order valence-electron chi connectivity index (χ1n) is 5.62. The Bertz CT molecular complexity index is 402. The smallest absolute Gasteiger partial charge is 0.328 e. The van der Waals surface area contributed by atoms with Gasteiger partial charge < -0.3 is 14.2 Å². The minimum Gasteiger partial charge on any atom is -0.464 e. The predicted molar refractivity (Wildman–Crippen MR) is 57.2 cm³/mol. The van der Waals surface area contributed by atoms with Crippen LogP contribution in [0.2, 0.25) is 0 Å². The lowest BCUT2D eigenvalue weighted by Crippen LogP contribution is -2.41. The van der Waals surface area contributed by atoms with Crippen LogP contribution >= 0.6 is 0 Å². The van der Waals surface area contributed by atoms with Gasteiger partial charge in [0, 0.05) is 12.6 Å². The Balaban J connectivity index is 2.09. The predicted octanol–water partition coefficient (Wildman–Crippen LogP) is 0.842. The van der Waals surface area contributed by atoms with Gasteiger partial charge in [-0.2, -0.15) is 0 Å². The van der Waals surface area contributed by atoms with Gasteiger partial charge in [-0.1, -0.05) is 5.16 Å². The lowest BCUT2D eigenvalue weighted by atomic mass is 10.2. The largest absolute Gasteiger partial charge is 0.464 e. The Morgan fingerprint density at radius 2 is 2.47 bits per heavy atom. The second-order valence-corrected chi connectivity index (χ2v) is 3.79. The fraction of sp³-hybridized carbons (Fsp3) is 0.545. The molecule has 1 aliphatic rings. The van der Waals surface area contributed by atoms with E-state index in [4.69, 9.17) is 9.26 Å². The number of hydrogen-bond acceptors (Lipinski definition) is 5. The molecule has 1 aromatic heterocycles. The zero-order valence-electron chi connectivity index (χ0n) is 9.59. The summed E-state index contributed by atoms with van der Waals surface area (Å²) < 4.78 is 9.75. The Morgan fingerprint density at radius 1 is 1.65 bits per heavy atom. The molecule has 1 amide bonds. The number of esters is 1. The van der Waals surface area contributed by atoms with Crippen LogP contribution in [-0.4, -0.2) is 41.1 Å². The molecule has 1 aromatic rings. The summed E-state index contributed by atoms with van der Waals surface area (Å²) in [7, 11) is 0. The van der Waals surface area contributed by atoms with Gasteiger partial charge in [0.1, 0.15) is 6.04 Å². The van der Waals surface area contributed by atoms with Crippen LogP contribution in [0.3, 0.4) is 0 Å². The van der Waals surface area contributed by atoms with Gasteiger partial charge in [-0.25, -0.2) is 4.79 Å². The highest BCUT2D eigenvalue weighted by molar-refractivity contribution is 5.94. The highest BCUT2D eigenvalue weighted by Gasteiger charge is 2.36. The normalized spacial score (nSPS) is 19.4. The lowest BCUT2D eigenvalue weighted by Gasteiger charge is -2.21. The topological polar surface area (TPSA) is 72.6 Å². The number of carbonyl (C=O) groups is 2. The summed E-state index contributed by atoms with van der Waals surface area (Å²) in [4.78, 5) is 25.2. The summed E-state index contributed by atoms with van der Waals surface area (Å²) in [6.07, 6.45) is 2.84. The number of carbonyl (C=O) groups excluding carboxylic acids is 2. The van der Waals surface area contributed by atoms with Crippen molar-refractivity contribution in [3.05, 3.63) is 18.0 Å². The molecule has 0 aromatic carbocycles. The van der Waals surface area contributed by atoms with Crippen molar-refractivity contribution in [2.45, 2.75) is 25.8 Å². The van der Waals surface area contributed by atoms with Crippen molar-refractivity contribution in [1.29, 1.82) is 0 Å². The van der Waals surface area contributed by atoms with Gasteiger partial charge in [0.15, 0.2) is 0 Å². The molecule has 0 aliphatic carbocycles. The second kappa shape index (κ2) is 4.99. The molecule has 0 saturated carbocycles. The minimum absolute atomic E-state index is 0.154. The van der Waals surface area contributed by atoms with E-state index < -0.39 is 6.04 Å². The van der Waals surface area contributed by atoms with Crippen molar-refractivity contribution in [3.8, 4) is 0 Å². The number of aromatic nitrogens is 1. The minimum atomic E-state index is -0.493. The number of ether oxygens (including phenoxy) is 1. The molecule has 6 nitrogen and oxygen atoms in total. The molecule has 92 valence electrons. The van der Waals surface area contributed by atoms with Crippen LogP contribution in [0.4, 0.5) is 0 Å². The number of likely N-dealkylation sites (tertiary alicyclic amines) is 1. The average Bonchev–Trinajstić information content (AvgIpc) is 3.00. The molecule has 0 radical (unpaired) electrons. The molecule has 0 N–H and O–H groups in total. The van der Waals surface area contributed by atoms with Gasteiger partial charge in [-0.15, -0.1) is 0 Å². The van der Waals surface area contributed by atoms with Gasteiger partial charge in [-0.05, 0) is 19.8 Å². The van der Waals surface area contributed by atoms with E-state index in [2.05, 4.69) is 5.16 Å². The standard InChI is InChI=1S/C11H14N2O4/c1-2-16-11(15)8-4-3-7-13(8)10(14)9-5-6-12-17-9/h5-6,8H,2-4,7H2,1H3. The third-order valence-corrected chi connectivity index (χ3v) is 2.72. The van der Waals surface area contributed by atoms with E-state index >= 15 is 0 Å². The van der Waals surface area contributed by atoms with Crippen LogP contribution in [0.15, 0.2) is 16.8 Å². The van der Waals surface area contributed by atoms with Gasteiger partial charge in [0.2, 0.25) is 5.76 Å². The molecule has 0 bridgehead atoms. The maximum absolute atomic E-state index is 12.0. The third-order valence-electron chi connectivity index (χ3n) is 2.72. The maximum Gasteiger partial charge on any atom is 0.328 e. The molecular weight excluding hydrogens is 224 g/mol. The maximum atomic E-state index is 12.0. The van der Waals surface area contributed by atoms with Crippen molar-refractivity contribution in [1.82, 2.24) is 10.1 Å². The van der Waals surface area contributed by atoms with E-state index in [-0.39, 0.29) is 17.6 Å². The Kier molecular flexibility index (Phi) is 3.41. The fourth-order valence-corrected chi connectivity index (χ4v) is 1.96. The van der Waals surface area contributed by atoms with E-state index in [0.29, 0.717) is 19.6 Å². The van der Waals surface area contributed by atoms with E-state index in [1.54, 1.807) is 6.92 Å². The van der Waals surface area contributed by atoms with Crippen LogP contribution in [0.1, 0.15) is 30.3 Å². The molecule has 1 unspecified atom stereocenters. The molecule has 2 rings (SSSR count). The summed E-state index contributed by atoms with van der Waals surface area (Å²) in [5, 5.41) is 3.48. The van der Waals surface area contributed by atoms with Crippen LogP contribution in [0, 0.1) is 0 Å². The number of hydrogen-bond donors (Lipinski definition) is 0. The fourth-order valence-electron chi connectivity index (χ4n) is 1.96. The first kappa shape index (κ1) is 11.6.